The Morgan fingerprint density at radius 2 is 2.00 bits per heavy atom. The van der Waals surface area contributed by atoms with Crippen molar-refractivity contribution in [3.8, 4) is 0 Å². The van der Waals surface area contributed by atoms with E-state index in [-0.39, 0.29) is 5.76 Å². The molecule has 0 saturated carbocycles. The first-order valence-electron chi connectivity index (χ1n) is 4.96. The molecule has 0 radical (unpaired) electrons. The third-order valence-electron chi connectivity index (χ3n) is 2.27. The summed E-state index contributed by atoms with van der Waals surface area (Å²) in [5.41, 5.74) is 1.58. The molecule has 1 aromatic heterocycles. The number of carboxylic acids is 1. The third kappa shape index (κ3) is 3.00. The number of hydrogen-bond acceptors (Lipinski definition) is 3. The maximum absolute atomic E-state index is 10.8. The van der Waals surface area contributed by atoms with Crippen LogP contribution in [0.15, 0.2) is 41.0 Å². The Bertz CT molecular complexity index is 519. The van der Waals surface area contributed by atoms with E-state index in [1.54, 1.807) is 6.07 Å². The van der Waals surface area contributed by atoms with Crippen molar-refractivity contribution in [1.29, 1.82) is 0 Å². The number of aromatic carboxylic acids is 1. The maximum atomic E-state index is 10.8. The quantitative estimate of drug-likeness (QED) is 0.837. The number of hydrogen-bond donors (Lipinski definition) is 2. The molecule has 0 atom stereocenters. The van der Waals surface area contributed by atoms with Crippen molar-refractivity contribution < 1.29 is 14.3 Å². The summed E-state index contributed by atoms with van der Waals surface area (Å²) in [7, 11) is 0. The number of benzene rings is 1. The third-order valence-corrected chi connectivity index (χ3v) is 2.99. The normalized spacial score (nSPS) is 10.2. The van der Waals surface area contributed by atoms with Crippen LogP contribution in [0.25, 0.3) is 0 Å². The average molecular weight is 343 g/mol. The molecule has 1 aromatic carbocycles. The minimum absolute atomic E-state index is 0.0111. The molecule has 5 heteroatoms. The average Bonchev–Trinajstić information content (AvgIpc) is 2.76. The number of anilines is 1. The number of halogens is 1. The van der Waals surface area contributed by atoms with Crippen LogP contribution in [0.5, 0.6) is 0 Å². The second-order valence-electron chi connectivity index (χ2n) is 3.44. The highest BCUT2D eigenvalue weighted by atomic mass is 127. The van der Waals surface area contributed by atoms with Crippen LogP contribution in [0.3, 0.4) is 0 Å². The van der Waals surface area contributed by atoms with Gasteiger partial charge < -0.3 is 14.8 Å². The van der Waals surface area contributed by atoms with E-state index >= 15 is 0 Å². The van der Waals surface area contributed by atoms with Crippen LogP contribution in [0, 0.1) is 3.57 Å². The molecule has 0 bridgehead atoms. The molecule has 0 aliphatic rings. The summed E-state index contributed by atoms with van der Waals surface area (Å²) in [6.07, 6.45) is 1.38. The lowest BCUT2D eigenvalue weighted by Gasteiger charge is -2.05. The first-order valence-corrected chi connectivity index (χ1v) is 6.04. The highest BCUT2D eigenvalue weighted by Crippen LogP contribution is 2.15. The summed E-state index contributed by atoms with van der Waals surface area (Å²) < 4.78 is 6.05. The Balaban J connectivity index is 2.05. The highest BCUT2D eigenvalue weighted by molar-refractivity contribution is 14.1. The van der Waals surface area contributed by atoms with Gasteiger partial charge in [0.15, 0.2) is 0 Å². The lowest BCUT2D eigenvalue weighted by Crippen LogP contribution is -2.04. The summed E-state index contributed by atoms with van der Waals surface area (Å²) in [5, 5.41) is 12.0. The molecule has 0 aliphatic heterocycles. The van der Waals surface area contributed by atoms with E-state index in [1.165, 1.54) is 6.26 Å². The minimum Gasteiger partial charge on any atom is -0.475 e. The minimum atomic E-state index is -1.05. The van der Waals surface area contributed by atoms with Gasteiger partial charge in [0.1, 0.15) is 0 Å². The van der Waals surface area contributed by atoms with E-state index in [0.29, 0.717) is 12.1 Å². The van der Waals surface area contributed by atoms with E-state index in [2.05, 4.69) is 27.9 Å². The van der Waals surface area contributed by atoms with Crippen molar-refractivity contribution in [2.24, 2.45) is 0 Å². The van der Waals surface area contributed by atoms with Crippen molar-refractivity contribution in [2.45, 2.75) is 6.54 Å². The number of nitrogens with one attached hydrogen (secondary N) is 1. The monoisotopic (exact) mass is 343 g/mol. The van der Waals surface area contributed by atoms with Gasteiger partial charge in [-0.05, 0) is 52.9 Å². The van der Waals surface area contributed by atoms with Crippen LogP contribution in [0.1, 0.15) is 16.1 Å². The van der Waals surface area contributed by atoms with Gasteiger partial charge in [0.05, 0.1) is 6.26 Å². The zero-order valence-corrected chi connectivity index (χ0v) is 11.0. The summed E-state index contributed by atoms with van der Waals surface area (Å²) in [6.45, 7) is 0.429. The van der Waals surface area contributed by atoms with Crippen LogP contribution in [0.2, 0.25) is 0 Å². The molecule has 1 heterocycles. The van der Waals surface area contributed by atoms with E-state index in [0.717, 1.165) is 9.26 Å². The molecule has 2 N–H and O–H groups in total. The number of furan rings is 1. The van der Waals surface area contributed by atoms with Gasteiger partial charge in [0.2, 0.25) is 5.76 Å². The maximum Gasteiger partial charge on any atom is 0.372 e. The topological polar surface area (TPSA) is 62.5 Å². The van der Waals surface area contributed by atoms with Gasteiger partial charge in [-0.2, -0.15) is 0 Å². The van der Waals surface area contributed by atoms with Gasteiger partial charge in [-0.3, -0.25) is 0 Å². The molecule has 2 aromatic rings. The van der Waals surface area contributed by atoms with Crippen molar-refractivity contribution in [1.82, 2.24) is 0 Å². The Labute approximate surface area is 112 Å². The molecule has 0 fully saturated rings. The first-order chi connectivity index (χ1) is 8.16. The molecule has 88 valence electrons. The summed E-state index contributed by atoms with van der Waals surface area (Å²) in [6, 6.07) is 9.51. The van der Waals surface area contributed by atoms with Gasteiger partial charge in [0, 0.05) is 21.4 Å². The second-order valence-corrected chi connectivity index (χ2v) is 4.69. The molecule has 0 aliphatic carbocycles. The lowest BCUT2D eigenvalue weighted by atomic mass is 10.2. The Morgan fingerprint density at radius 3 is 2.65 bits per heavy atom. The molecule has 2 rings (SSSR count). The fourth-order valence-corrected chi connectivity index (χ4v) is 1.79. The summed E-state index contributed by atoms with van der Waals surface area (Å²) in [5.74, 6) is -1.06. The van der Waals surface area contributed by atoms with Crippen molar-refractivity contribution in [3.63, 3.8) is 0 Å². The van der Waals surface area contributed by atoms with Gasteiger partial charge in [-0.15, -0.1) is 0 Å². The zero-order valence-electron chi connectivity index (χ0n) is 8.81. The number of carboxylic acid groups (broad SMARTS) is 1. The van der Waals surface area contributed by atoms with Crippen molar-refractivity contribution in [2.75, 3.05) is 5.32 Å². The van der Waals surface area contributed by atoms with Crippen LogP contribution in [-0.4, -0.2) is 11.1 Å². The van der Waals surface area contributed by atoms with Gasteiger partial charge >= 0.3 is 5.97 Å². The second kappa shape index (κ2) is 5.22. The SMILES string of the molecule is O=C(O)c1occc1CNc1ccc(I)cc1. The Hall–Kier alpha value is -1.50. The highest BCUT2D eigenvalue weighted by Gasteiger charge is 2.13. The predicted molar refractivity (Wildman–Crippen MR) is 72.2 cm³/mol. The van der Waals surface area contributed by atoms with Gasteiger partial charge in [-0.1, -0.05) is 0 Å². The molecular formula is C12H10INO3. The zero-order chi connectivity index (χ0) is 12.3. The van der Waals surface area contributed by atoms with Crippen LogP contribution >= 0.6 is 22.6 Å². The number of rotatable bonds is 4. The standard InChI is InChI=1S/C12H10INO3/c13-9-1-3-10(4-2-9)14-7-8-5-6-17-11(8)12(15)16/h1-6,14H,7H2,(H,15,16). The molecule has 17 heavy (non-hydrogen) atoms. The number of carbonyl (C=O) groups is 1. The largest absolute Gasteiger partial charge is 0.475 e. The summed E-state index contributed by atoms with van der Waals surface area (Å²) in [4.78, 5) is 10.8. The smallest absolute Gasteiger partial charge is 0.372 e. The van der Waals surface area contributed by atoms with Crippen molar-refractivity contribution in [3.05, 3.63) is 51.5 Å². The fourth-order valence-electron chi connectivity index (χ4n) is 1.43. The molecule has 0 amide bonds. The van der Waals surface area contributed by atoms with Crippen molar-refractivity contribution >= 4 is 34.2 Å². The molecular weight excluding hydrogens is 333 g/mol. The van der Waals surface area contributed by atoms with Gasteiger partial charge in [0.25, 0.3) is 0 Å². The summed E-state index contributed by atoms with van der Waals surface area (Å²) >= 11 is 2.23. The molecule has 0 spiro atoms. The van der Waals surface area contributed by atoms with Crippen LogP contribution in [-0.2, 0) is 6.54 Å². The molecule has 0 saturated heterocycles. The molecule has 0 unspecified atom stereocenters. The van der Waals surface area contributed by atoms with E-state index in [1.807, 2.05) is 24.3 Å². The van der Waals surface area contributed by atoms with Crippen LogP contribution < -0.4 is 5.32 Å². The van der Waals surface area contributed by atoms with E-state index < -0.39 is 5.97 Å². The first kappa shape index (κ1) is 12.0. The lowest BCUT2D eigenvalue weighted by molar-refractivity contribution is 0.0661. The Morgan fingerprint density at radius 1 is 1.29 bits per heavy atom. The van der Waals surface area contributed by atoms with Crippen LogP contribution in [0.4, 0.5) is 5.69 Å². The fraction of sp³-hybridized carbons (Fsp3) is 0.0833. The van der Waals surface area contributed by atoms with E-state index in [9.17, 15) is 4.79 Å². The Kier molecular flexibility index (Phi) is 3.68. The van der Waals surface area contributed by atoms with E-state index in [4.69, 9.17) is 9.52 Å². The molecule has 4 nitrogen and oxygen atoms in total. The van der Waals surface area contributed by atoms with Gasteiger partial charge in [-0.25, -0.2) is 4.79 Å². The predicted octanol–water partition coefficient (Wildman–Crippen LogP) is 3.19.